The molecular weight excluding hydrogens is 531 g/mol. The van der Waals surface area contributed by atoms with Gasteiger partial charge in [0.2, 0.25) is 0 Å². The SMILES string of the molecule is CCN(Oc1ccc(Cl)cc1Cl)C(=O)c1c(-c2ccc(OCC(=O)OC)c(C)c2)noc1-c1ccccc1. The van der Waals surface area contributed by atoms with E-state index in [1.54, 1.807) is 37.3 Å². The summed E-state index contributed by atoms with van der Waals surface area (Å²) >= 11 is 12.3. The average molecular weight is 555 g/mol. The van der Waals surface area contributed by atoms with Crippen LogP contribution in [-0.2, 0) is 9.53 Å². The Morgan fingerprint density at radius 1 is 0.974 bits per heavy atom. The summed E-state index contributed by atoms with van der Waals surface area (Å²) in [6.45, 7) is 3.57. The molecule has 0 unspecified atom stereocenters. The summed E-state index contributed by atoms with van der Waals surface area (Å²) in [4.78, 5) is 31.3. The van der Waals surface area contributed by atoms with Crippen molar-refractivity contribution >= 4 is 35.1 Å². The first kappa shape index (κ1) is 27.0. The highest BCUT2D eigenvalue weighted by molar-refractivity contribution is 6.35. The summed E-state index contributed by atoms with van der Waals surface area (Å²) in [5.41, 5.74) is 2.55. The molecule has 0 aliphatic rings. The van der Waals surface area contributed by atoms with E-state index in [0.717, 1.165) is 5.56 Å². The molecule has 196 valence electrons. The second kappa shape index (κ2) is 12.0. The van der Waals surface area contributed by atoms with Gasteiger partial charge in [-0.15, -0.1) is 0 Å². The van der Waals surface area contributed by atoms with Crippen molar-refractivity contribution in [3.63, 3.8) is 0 Å². The molecule has 0 N–H and O–H groups in total. The van der Waals surface area contributed by atoms with Crippen LogP contribution in [0.4, 0.5) is 0 Å². The molecule has 1 heterocycles. The van der Waals surface area contributed by atoms with Crippen molar-refractivity contribution in [3.05, 3.63) is 87.9 Å². The minimum absolute atomic E-state index is 0.204. The summed E-state index contributed by atoms with van der Waals surface area (Å²) < 4.78 is 15.9. The first-order valence-corrected chi connectivity index (χ1v) is 12.4. The van der Waals surface area contributed by atoms with E-state index in [1.165, 1.54) is 18.2 Å². The molecule has 0 radical (unpaired) electrons. The van der Waals surface area contributed by atoms with Gasteiger partial charge in [-0.25, -0.2) is 4.79 Å². The molecule has 0 spiro atoms. The lowest BCUT2D eigenvalue weighted by atomic mass is 10.00. The van der Waals surface area contributed by atoms with E-state index in [0.29, 0.717) is 33.4 Å². The van der Waals surface area contributed by atoms with Gasteiger partial charge in [-0.2, -0.15) is 5.06 Å². The molecule has 3 aromatic carbocycles. The van der Waals surface area contributed by atoms with E-state index in [1.807, 2.05) is 37.3 Å². The highest BCUT2D eigenvalue weighted by Crippen LogP contribution is 2.36. The van der Waals surface area contributed by atoms with Gasteiger partial charge in [0.15, 0.2) is 18.1 Å². The lowest BCUT2D eigenvalue weighted by Crippen LogP contribution is -2.34. The number of methoxy groups -OCH3 is 1. The fraction of sp³-hybridized carbons (Fsp3) is 0.179. The highest BCUT2D eigenvalue weighted by atomic mass is 35.5. The topological polar surface area (TPSA) is 91.1 Å². The minimum atomic E-state index is -0.495. The van der Waals surface area contributed by atoms with Crippen LogP contribution >= 0.6 is 23.2 Å². The van der Waals surface area contributed by atoms with Crippen LogP contribution in [0.25, 0.3) is 22.6 Å². The maximum Gasteiger partial charge on any atom is 0.343 e. The average Bonchev–Trinajstić information content (AvgIpc) is 3.37. The van der Waals surface area contributed by atoms with Crippen LogP contribution in [0.1, 0.15) is 22.8 Å². The summed E-state index contributed by atoms with van der Waals surface area (Å²) in [5, 5.41) is 6.14. The molecule has 0 bridgehead atoms. The largest absolute Gasteiger partial charge is 0.482 e. The first-order chi connectivity index (χ1) is 18.3. The van der Waals surface area contributed by atoms with Gasteiger partial charge in [0.05, 0.1) is 18.7 Å². The molecule has 8 nitrogen and oxygen atoms in total. The summed E-state index contributed by atoms with van der Waals surface area (Å²) in [6, 6.07) is 19.1. The normalized spacial score (nSPS) is 10.7. The number of hydroxylamine groups is 2. The van der Waals surface area contributed by atoms with E-state index in [9.17, 15) is 9.59 Å². The number of rotatable bonds is 9. The number of esters is 1. The van der Waals surface area contributed by atoms with Gasteiger partial charge < -0.3 is 18.8 Å². The van der Waals surface area contributed by atoms with Crippen molar-refractivity contribution in [1.82, 2.24) is 10.2 Å². The van der Waals surface area contributed by atoms with Crippen molar-refractivity contribution < 1.29 is 28.4 Å². The van der Waals surface area contributed by atoms with Gasteiger partial charge in [0, 0.05) is 16.1 Å². The van der Waals surface area contributed by atoms with Gasteiger partial charge in [0.1, 0.15) is 17.0 Å². The van der Waals surface area contributed by atoms with E-state index < -0.39 is 11.9 Å². The van der Waals surface area contributed by atoms with Crippen LogP contribution in [0.2, 0.25) is 10.0 Å². The molecule has 0 saturated carbocycles. The number of carbonyl (C=O) groups is 2. The lowest BCUT2D eigenvalue weighted by molar-refractivity contribution is -0.142. The quantitative estimate of drug-likeness (QED) is 0.169. The lowest BCUT2D eigenvalue weighted by Gasteiger charge is -2.22. The van der Waals surface area contributed by atoms with Crippen molar-refractivity contribution in [2.75, 3.05) is 20.3 Å². The number of aromatic nitrogens is 1. The zero-order valence-electron chi connectivity index (χ0n) is 20.9. The van der Waals surface area contributed by atoms with Gasteiger partial charge in [-0.05, 0) is 55.8 Å². The number of amides is 1. The van der Waals surface area contributed by atoms with Gasteiger partial charge in [-0.1, -0.05) is 58.7 Å². The molecule has 0 fully saturated rings. The predicted octanol–water partition coefficient (Wildman–Crippen LogP) is 6.63. The molecule has 4 rings (SSSR count). The Bertz CT molecular complexity index is 1460. The number of ether oxygens (including phenoxy) is 2. The zero-order chi connectivity index (χ0) is 27.2. The summed E-state index contributed by atoms with van der Waals surface area (Å²) in [6.07, 6.45) is 0. The van der Waals surface area contributed by atoms with Crippen LogP contribution in [0.5, 0.6) is 11.5 Å². The number of benzene rings is 3. The third-order valence-electron chi connectivity index (χ3n) is 5.58. The van der Waals surface area contributed by atoms with Gasteiger partial charge >= 0.3 is 5.97 Å². The van der Waals surface area contributed by atoms with Crippen LogP contribution in [0.3, 0.4) is 0 Å². The summed E-state index contributed by atoms with van der Waals surface area (Å²) in [7, 11) is 1.29. The van der Waals surface area contributed by atoms with Crippen molar-refractivity contribution in [2.45, 2.75) is 13.8 Å². The Kier molecular flexibility index (Phi) is 8.55. The maximum atomic E-state index is 13.9. The van der Waals surface area contributed by atoms with E-state index in [4.69, 9.17) is 37.3 Å². The third kappa shape index (κ3) is 5.93. The molecule has 0 saturated heterocycles. The van der Waals surface area contributed by atoms with Gasteiger partial charge in [0.25, 0.3) is 5.91 Å². The highest BCUT2D eigenvalue weighted by Gasteiger charge is 2.30. The third-order valence-corrected chi connectivity index (χ3v) is 6.11. The maximum absolute atomic E-state index is 13.9. The molecule has 1 amide bonds. The number of halogens is 2. The van der Waals surface area contributed by atoms with Crippen LogP contribution in [0.15, 0.2) is 71.3 Å². The smallest absolute Gasteiger partial charge is 0.343 e. The molecule has 1 aromatic heterocycles. The molecule has 0 aliphatic heterocycles. The van der Waals surface area contributed by atoms with Crippen LogP contribution < -0.4 is 9.57 Å². The number of carbonyl (C=O) groups excluding carboxylic acids is 2. The monoisotopic (exact) mass is 554 g/mol. The van der Waals surface area contributed by atoms with E-state index >= 15 is 0 Å². The second-order valence-corrected chi connectivity index (χ2v) is 8.96. The zero-order valence-corrected chi connectivity index (χ0v) is 22.4. The number of nitrogens with zero attached hydrogens (tertiary/aromatic N) is 2. The number of hydrogen-bond acceptors (Lipinski definition) is 7. The standard InChI is InChI=1S/C28H24Cl2N2O6/c1-4-32(38-23-13-11-20(29)15-21(23)30)28(34)25-26(31-37-27(25)18-8-6-5-7-9-18)19-10-12-22(17(2)14-19)36-16-24(33)35-3/h5-15H,4,16H2,1-3H3. The second-order valence-electron chi connectivity index (χ2n) is 8.11. The fourth-order valence-electron chi connectivity index (χ4n) is 3.67. The van der Waals surface area contributed by atoms with E-state index in [-0.39, 0.29) is 29.5 Å². The summed E-state index contributed by atoms with van der Waals surface area (Å²) in [5.74, 6) is 0.0878. The molecule has 0 aliphatic carbocycles. The molecule has 10 heteroatoms. The first-order valence-electron chi connectivity index (χ1n) is 11.6. The van der Waals surface area contributed by atoms with Gasteiger partial charge in [-0.3, -0.25) is 4.79 Å². The predicted molar refractivity (Wildman–Crippen MR) is 143 cm³/mol. The molecular formula is C28H24Cl2N2O6. The Labute approximate surface area is 229 Å². The Hall–Kier alpha value is -4.01. The molecule has 0 atom stereocenters. The van der Waals surface area contributed by atoms with Crippen molar-refractivity contribution in [3.8, 4) is 34.1 Å². The van der Waals surface area contributed by atoms with E-state index in [2.05, 4.69) is 9.89 Å². The van der Waals surface area contributed by atoms with Crippen LogP contribution in [0, 0.1) is 6.92 Å². The molecule has 4 aromatic rings. The molecule has 38 heavy (non-hydrogen) atoms. The Morgan fingerprint density at radius 2 is 1.71 bits per heavy atom. The van der Waals surface area contributed by atoms with Crippen LogP contribution in [-0.4, -0.2) is 42.4 Å². The Morgan fingerprint density at radius 3 is 2.37 bits per heavy atom. The minimum Gasteiger partial charge on any atom is -0.482 e. The van der Waals surface area contributed by atoms with Crippen molar-refractivity contribution in [2.24, 2.45) is 0 Å². The Balaban J connectivity index is 1.74. The number of hydrogen-bond donors (Lipinski definition) is 0. The fourth-order valence-corrected chi connectivity index (χ4v) is 4.11. The number of aryl methyl sites for hydroxylation is 1. The van der Waals surface area contributed by atoms with Crippen molar-refractivity contribution in [1.29, 1.82) is 0 Å².